The molecule has 3 heteroatoms. The van der Waals surface area contributed by atoms with Gasteiger partial charge >= 0.3 is 0 Å². The van der Waals surface area contributed by atoms with Crippen molar-refractivity contribution in [2.75, 3.05) is 18.0 Å². The third-order valence-electron chi connectivity index (χ3n) is 5.62. The standard InChI is InChI=1S/C24H29N3/c1-24(2,3)21-9-11-22(12-10-21)27-18-25-15-20-13-14-26(17-23(20)27)16-19-7-5-4-6-8-19/h4-12,15,18,23H,13-14,16-17H2,1-3H3. The Kier molecular flexibility index (Phi) is 4.88. The minimum Gasteiger partial charge on any atom is -0.324 e. The van der Waals surface area contributed by atoms with Gasteiger partial charge in [0.2, 0.25) is 0 Å². The van der Waals surface area contributed by atoms with Crippen LogP contribution in [0.3, 0.4) is 0 Å². The number of aliphatic imine (C=N–C) groups is 1. The summed E-state index contributed by atoms with van der Waals surface area (Å²) in [6, 6.07) is 20.1. The summed E-state index contributed by atoms with van der Waals surface area (Å²) in [5.41, 5.74) is 5.60. The van der Waals surface area contributed by atoms with Crippen LogP contribution in [0.2, 0.25) is 0 Å². The fourth-order valence-electron chi connectivity index (χ4n) is 3.97. The molecule has 0 aliphatic carbocycles. The molecule has 2 aliphatic heterocycles. The van der Waals surface area contributed by atoms with E-state index in [9.17, 15) is 0 Å². The Morgan fingerprint density at radius 1 is 1.00 bits per heavy atom. The number of piperidine rings is 1. The van der Waals surface area contributed by atoms with Crippen molar-refractivity contribution in [3.8, 4) is 0 Å². The molecule has 4 rings (SSSR count). The molecule has 0 aromatic heterocycles. The van der Waals surface area contributed by atoms with Crippen LogP contribution >= 0.6 is 0 Å². The van der Waals surface area contributed by atoms with Gasteiger partial charge in [-0.05, 0) is 40.7 Å². The molecule has 2 aromatic rings. The molecule has 2 aromatic carbocycles. The Hall–Kier alpha value is -2.39. The summed E-state index contributed by atoms with van der Waals surface area (Å²) >= 11 is 0. The van der Waals surface area contributed by atoms with E-state index in [1.165, 1.54) is 22.4 Å². The lowest BCUT2D eigenvalue weighted by atomic mass is 9.87. The molecule has 0 bridgehead atoms. The fourth-order valence-corrected chi connectivity index (χ4v) is 3.97. The first-order valence-corrected chi connectivity index (χ1v) is 9.88. The second-order valence-electron chi connectivity index (χ2n) is 8.66. The molecular weight excluding hydrogens is 330 g/mol. The van der Waals surface area contributed by atoms with Crippen molar-refractivity contribution < 1.29 is 0 Å². The van der Waals surface area contributed by atoms with Gasteiger partial charge in [0.1, 0.15) is 0 Å². The molecule has 1 saturated heterocycles. The van der Waals surface area contributed by atoms with Gasteiger partial charge in [0, 0.05) is 31.5 Å². The van der Waals surface area contributed by atoms with Crippen LogP contribution in [0, 0.1) is 0 Å². The predicted molar refractivity (Wildman–Crippen MR) is 114 cm³/mol. The number of hydrogen-bond donors (Lipinski definition) is 0. The highest BCUT2D eigenvalue weighted by molar-refractivity contribution is 5.82. The van der Waals surface area contributed by atoms with Crippen molar-refractivity contribution in [3.63, 3.8) is 0 Å². The number of nitrogens with zero attached hydrogens (tertiary/aromatic N) is 3. The van der Waals surface area contributed by atoms with Crippen LogP contribution in [0.25, 0.3) is 0 Å². The van der Waals surface area contributed by atoms with E-state index in [1.54, 1.807) is 0 Å². The van der Waals surface area contributed by atoms with Crippen LogP contribution in [-0.2, 0) is 12.0 Å². The Bertz CT molecular complexity index is 828. The smallest absolute Gasteiger partial charge is 0.0955 e. The lowest BCUT2D eigenvalue weighted by Crippen LogP contribution is -2.49. The second kappa shape index (κ2) is 7.32. The topological polar surface area (TPSA) is 18.8 Å². The Labute approximate surface area is 163 Å². The van der Waals surface area contributed by atoms with Crippen LogP contribution in [0.1, 0.15) is 38.3 Å². The number of hydrogen-bond acceptors (Lipinski definition) is 3. The molecule has 2 aliphatic rings. The molecule has 0 saturated carbocycles. The Balaban J connectivity index is 1.52. The maximum atomic E-state index is 4.52. The van der Waals surface area contributed by atoms with Crippen LogP contribution in [0.15, 0.2) is 71.4 Å². The van der Waals surface area contributed by atoms with E-state index in [0.29, 0.717) is 6.04 Å². The quantitative estimate of drug-likeness (QED) is 0.769. The first-order valence-electron chi connectivity index (χ1n) is 9.88. The maximum Gasteiger partial charge on any atom is 0.0955 e. The van der Waals surface area contributed by atoms with Gasteiger partial charge in [-0.25, -0.2) is 4.99 Å². The fraction of sp³-hybridized carbons (Fsp3) is 0.375. The van der Waals surface area contributed by atoms with Gasteiger partial charge in [-0.3, -0.25) is 4.90 Å². The highest BCUT2D eigenvalue weighted by Gasteiger charge is 2.30. The van der Waals surface area contributed by atoms with Crippen molar-refractivity contribution in [2.24, 2.45) is 4.99 Å². The van der Waals surface area contributed by atoms with Crippen LogP contribution in [0.4, 0.5) is 5.69 Å². The summed E-state index contributed by atoms with van der Waals surface area (Å²) in [6.45, 7) is 9.92. The van der Waals surface area contributed by atoms with Gasteiger partial charge in [-0.1, -0.05) is 63.2 Å². The molecule has 1 unspecified atom stereocenters. The molecule has 27 heavy (non-hydrogen) atoms. The number of benzene rings is 2. The van der Waals surface area contributed by atoms with Crippen LogP contribution in [-0.4, -0.2) is 30.4 Å². The van der Waals surface area contributed by atoms with E-state index in [1.807, 2.05) is 6.34 Å². The molecule has 140 valence electrons. The third-order valence-corrected chi connectivity index (χ3v) is 5.62. The zero-order valence-corrected chi connectivity index (χ0v) is 16.6. The minimum absolute atomic E-state index is 0.177. The van der Waals surface area contributed by atoms with E-state index < -0.39 is 0 Å². The van der Waals surface area contributed by atoms with E-state index in [0.717, 1.165) is 26.1 Å². The van der Waals surface area contributed by atoms with Gasteiger partial charge in [0.25, 0.3) is 0 Å². The Morgan fingerprint density at radius 3 is 2.44 bits per heavy atom. The minimum atomic E-state index is 0.177. The molecule has 0 N–H and O–H groups in total. The van der Waals surface area contributed by atoms with E-state index in [4.69, 9.17) is 0 Å². The van der Waals surface area contributed by atoms with E-state index in [2.05, 4.69) is 96.4 Å². The summed E-state index contributed by atoms with van der Waals surface area (Å²) in [5.74, 6) is 0. The second-order valence-corrected chi connectivity index (χ2v) is 8.66. The van der Waals surface area contributed by atoms with Crippen molar-refractivity contribution in [1.82, 2.24) is 4.90 Å². The van der Waals surface area contributed by atoms with Gasteiger partial charge in [-0.2, -0.15) is 0 Å². The first-order chi connectivity index (χ1) is 13.0. The summed E-state index contributed by atoms with van der Waals surface area (Å²) in [5, 5.41) is 0. The number of anilines is 1. The molecule has 0 radical (unpaired) electrons. The molecule has 2 heterocycles. The zero-order chi connectivity index (χ0) is 18.9. The van der Waals surface area contributed by atoms with Gasteiger partial charge in [0.15, 0.2) is 0 Å². The predicted octanol–water partition coefficient (Wildman–Crippen LogP) is 4.99. The molecule has 1 fully saturated rings. The summed E-state index contributed by atoms with van der Waals surface area (Å²) in [6.07, 6.45) is 5.16. The van der Waals surface area contributed by atoms with E-state index >= 15 is 0 Å². The van der Waals surface area contributed by atoms with Crippen molar-refractivity contribution in [3.05, 3.63) is 77.5 Å². The molecule has 1 atom stereocenters. The lowest BCUT2D eigenvalue weighted by Gasteiger charge is -2.41. The maximum absolute atomic E-state index is 4.52. The Morgan fingerprint density at radius 2 is 1.74 bits per heavy atom. The highest BCUT2D eigenvalue weighted by atomic mass is 15.3. The molecular formula is C24H29N3. The highest BCUT2D eigenvalue weighted by Crippen LogP contribution is 2.30. The van der Waals surface area contributed by atoms with E-state index in [-0.39, 0.29) is 5.41 Å². The van der Waals surface area contributed by atoms with Crippen LogP contribution in [0.5, 0.6) is 0 Å². The monoisotopic (exact) mass is 359 g/mol. The average molecular weight is 360 g/mol. The van der Waals surface area contributed by atoms with Gasteiger partial charge in [-0.15, -0.1) is 0 Å². The average Bonchev–Trinajstić information content (AvgIpc) is 2.68. The number of fused-ring (bicyclic) bond motifs is 1. The number of rotatable bonds is 3. The summed E-state index contributed by atoms with van der Waals surface area (Å²) in [4.78, 5) is 9.43. The zero-order valence-electron chi connectivity index (χ0n) is 16.6. The normalized spacial score (nSPS) is 20.3. The molecule has 0 spiro atoms. The summed E-state index contributed by atoms with van der Waals surface area (Å²) < 4.78 is 0. The first kappa shape index (κ1) is 18.0. The van der Waals surface area contributed by atoms with Crippen LogP contribution < -0.4 is 4.90 Å². The van der Waals surface area contributed by atoms with Crippen molar-refractivity contribution in [1.29, 1.82) is 0 Å². The van der Waals surface area contributed by atoms with Crippen molar-refractivity contribution >= 4 is 12.0 Å². The SMILES string of the molecule is CC(C)(C)c1ccc(N2C=NC=C3CCN(Cc4ccccc4)CC32)cc1. The van der Waals surface area contributed by atoms with Gasteiger partial charge in [0.05, 0.1) is 12.4 Å². The number of likely N-dealkylation sites (tertiary alicyclic amines) is 1. The summed E-state index contributed by atoms with van der Waals surface area (Å²) in [7, 11) is 0. The van der Waals surface area contributed by atoms with Gasteiger partial charge < -0.3 is 4.90 Å². The lowest BCUT2D eigenvalue weighted by molar-refractivity contribution is 0.232. The molecule has 0 amide bonds. The largest absolute Gasteiger partial charge is 0.324 e. The van der Waals surface area contributed by atoms with Crippen molar-refractivity contribution in [2.45, 2.75) is 45.2 Å². The third kappa shape index (κ3) is 3.98. The molecule has 3 nitrogen and oxygen atoms in total.